The van der Waals surface area contributed by atoms with Crippen LogP contribution in [0.3, 0.4) is 0 Å². The molecule has 3 rings (SSSR count). The van der Waals surface area contributed by atoms with Gasteiger partial charge in [-0.15, -0.1) is 0 Å². The van der Waals surface area contributed by atoms with E-state index in [2.05, 4.69) is 20.8 Å². The van der Waals surface area contributed by atoms with Crippen LogP contribution in [0.2, 0.25) is 0 Å². The Labute approximate surface area is 111 Å². The average molecular weight is 258 g/mol. The van der Waals surface area contributed by atoms with Gasteiger partial charge in [0.05, 0.1) is 17.4 Å². The largest absolute Gasteiger partial charge is 0.324 e. The minimum atomic E-state index is 0.0794. The van der Waals surface area contributed by atoms with E-state index in [1.807, 2.05) is 18.2 Å². The number of nitrogens with one attached hydrogen (secondary N) is 3. The number of nitrogens with zero attached hydrogens (tertiary/aromatic N) is 1. The summed E-state index contributed by atoms with van der Waals surface area (Å²) in [5.41, 5.74) is 1.70. The number of para-hydroxylation sites is 1. The molecule has 100 valence electrons. The van der Waals surface area contributed by atoms with Crippen LogP contribution in [0.25, 0.3) is 10.9 Å². The lowest BCUT2D eigenvalue weighted by molar-refractivity contribution is -0.117. The number of aromatic amines is 1. The van der Waals surface area contributed by atoms with E-state index in [4.69, 9.17) is 0 Å². The number of carbonyl (C=O) groups is 1. The molecule has 1 aromatic heterocycles. The molecule has 5 heteroatoms. The lowest BCUT2D eigenvalue weighted by Gasteiger charge is -2.22. The van der Waals surface area contributed by atoms with Gasteiger partial charge in [-0.1, -0.05) is 12.1 Å². The summed E-state index contributed by atoms with van der Waals surface area (Å²) in [6.07, 6.45) is 4.64. The average Bonchev–Trinajstić information content (AvgIpc) is 2.89. The summed E-state index contributed by atoms with van der Waals surface area (Å²) in [5.74, 6) is 0.533. The number of benzene rings is 1. The SMILES string of the molecule is O=C(CC1CCCNC1)Nc1cccc2cn[nH]c12. The van der Waals surface area contributed by atoms with Gasteiger partial charge in [0.2, 0.25) is 5.91 Å². The zero-order valence-electron chi connectivity index (χ0n) is 10.8. The van der Waals surface area contributed by atoms with Gasteiger partial charge in [0.1, 0.15) is 0 Å². The number of hydrogen-bond acceptors (Lipinski definition) is 3. The molecule has 19 heavy (non-hydrogen) atoms. The summed E-state index contributed by atoms with van der Waals surface area (Å²) in [6, 6.07) is 5.80. The topological polar surface area (TPSA) is 69.8 Å². The highest BCUT2D eigenvalue weighted by molar-refractivity contribution is 6.00. The van der Waals surface area contributed by atoms with E-state index in [1.165, 1.54) is 0 Å². The number of carbonyl (C=O) groups excluding carboxylic acids is 1. The molecule has 1 aromatic carbocycles. The maximum absolute atomic E-state index is 12.1. The highest BCUT2D eigenvalue weighted by Gasteiger charge is 2.17. The second-order valence-corrected chi connectivity index (χ2v) is 5.10. The van der Waals surface area contributed by atoms with Crippen molar-refractivity contribution in [3.05, 3.63) is 24.4 Å². The first-order chi connectivity index (χ1) is 9.33. The molecule has 0 saturated carbocycles. The van der Waals surface area contributed by atoms with E-state index in [1.54, 1.807) is 6.20 Å². The molecule has 5 nitrogen and oxygen atoms in total. The molecule has 0 bridgehead atoms. The summed E-state index contributed by atoms with van der Waals surface area (Å²) in [7, 11) is 0. The van der Waals surface area contributed by atoms with E-state index in [0.717, 1.165) is 42.5 Å². The van der Waals surface area contributed by atoms with Crippen LogP contribution in [0.1, 0.15) is 19.3 Å². The van der Waals surface area contributed by atoms with Gasteiger partial charge in [-0.25, -0.2) is 0 Å². The fourth-order valence-corrected chi connectivity index (χ4v) is 2.63. The Balaban J connectivity index is 1.67. The van der Waals surface area contributed by atoms with Gasteiger partial charge in [-0.05, 0) is 37.9 Å². The summed E-state index contributed by atoms with van der Waals surface area (Å²) >= 11 is 0. The molecular weight excluding hydrogens is 240 g/mol. The van der Waals surface area contributed by atoms with Crippen LogP contribution in [-0.2, 0) is 4.79 Å². The number of anilines is 1. The number of piperidine rings is 1. The Bertz CT molecular complexity index is 572. The third-order valence-corrected chi connectivity index (χ3v) is 3.62. The third-order valence-electron chi connectivity index (χ3n) is 3.62. The molecule has 2 aromatic rings. The Morgan fingerprint density at radius 3 is 3.26 bits per heavy atom. The number of hydrogen-bond donors (Lipinski definition) is 3. The van der Waals surface area contributed by atoms with E-state index in [9.17, 15) is 4.79 Å². The quantitative estimate of drug-likeness (QED) is 0.787. The number of H-pyrrole nitrogens is 1. The molecule has 1 amide bonds. The molecule has 1 aliphatic heterocycles. The zero-order valence-corrected chi connectivity index (χ0v) is 10.8. The van der Waals surface area contributed by atoms with Crippen LogP contribution < -0.4 is 10.6 Å². The normalized spacial score (nSPS) is 19.5. The summed E-state index contributed by atoms with van der Waals surface area (Å²) < 4.78 is 0. The van der Waals surface area contributed by atoms with Crippen molar-refractivity contribution >= 4 is 22.5 Å². The predicted molar refractivity (Wildman–Crippen MR) is 74.9 cm³/mol. The van der Waals surface area contributed by atoms with Gasteiger partial charge >= 0.3 is 0 Å². The van der Waals surface area contributed by atoms with Crippen LogP contribution in [0.5, 0.6) is 0 Å². The Morgan fingerprint density at radius 1 is 1.47 bits per heavy atom. The van der Waals surface area contributed by atoms with E-state index < -0.39 is 0 Å². The lowest BCUT2D eigenvalue weighted by atomic mass is 9.96. The molecule has 2 heterocycles. The first kappa shape index (κ1) is 12.2. The van der Waals surface area contributed by atoms with Gasteiger partial charge < -0.3 is 10.6 Å². The molecule has 3 N–H and O–H groups in total. The second kappa shape index (κ2) is 5.40. The van der Waals surface area contributed by atoms with Gasteiger partial charge in [0, 0.05) is 11.8 Å². The maximum atomic E-state index is 12.1. The van der Waals surface area contributed by atoms with Crippen molar-refractivity contribution < 1.29 is 4.79 Å². The molecule has 1 atom stereocenters. The van der Waals surface area contributed by atoms with E-state index >= 15 is 0 Å². The second-order valence-electron chi connectivity index (χ2n) is 5.10. The van der Waals surface area contributed by atoms with Crippen LogP contribution in [0, 0.1) is 5.92 Å². The van der Waals surface area contributed by atoms with Crippen molar-refractivity contribution in [2.45, 2.75) is 19.3 Å². The molecule has 1 fully saturated rings. The van der Waals surface area contributed by atoms with Crippen molar-refractivity contribution in [1.82, 2.24) is 15.5 Å². The molecule has 0 aliphatic carbocycles. The highest BCUT2D eigenvalue weighted by atomic mass is 16.1. The lowest BCUT2D eigenvalue weighted by Crippen LogP contribution is -2.32. The molecule has 1 unspecified atom stereocenters. The summed E-state index contributed by atoms with van der Waals surface area (Å²) in [6.45, 7) is 2.02. The molecular formula is C14H18N4O. The van der Waals surface area contributed by atoms with Gasteiger partial charge in [-0.2, -0.15) is 5.10 Å². The zero-order chi connectivity index (χ0) is 13.1. The minimum Gasteiger partial charge on any atom is -0.324 e. The van der Waals surface area contributed by atoms with Crippen LogP contribution in [-0.4, -0.2) is 29.2 Å². The summed E-state index contributed by atoms with van der Waals surface area (Å²) in [5, 5.41) is 14.2. The molecule has 1 saturated heterocycles. The van der Waals surface area contributed by atoms with Crippen LogP contribution in [0.15, 0.2) is 24.4 Å². The first-order valence-electron chi connectivity index (χ1n) is 6.75. The van der Waals surface area contributed by atoms with Crippen molar-refractivity contribution in [3.63, 3.8) is 0 Å². The van der Waals surface area contributed by atoms with E-state index in [-0.39, 0.29) is 5.91 Å². The number of rotatable bonds is 3. The number of fused-ring (bicyclic) bond motifs is 1. The fourth-order valence-electron chi connectivity index (χ4n) is 2.63. The van der Waals surface area contributed by atoms with Crippen molar-refractivity contribution in [1.29, 1.82) is 0 Å². The number of aromatic nitrogens is 2. The predicted octanol–water partition coefficient (Wildman–Crippen LogP) is 1.89. The summed E-state index contributed by atoms with van der Waals surface area (Å²) in [4.78, 5) is 12.1. The van der Waals surface area contributed by atoms with Gasteiger partial charge in [0.15, 0.2) is 0 Å². The maximum Gasteiger partial charge on any atom is 0.224 e. The van der Waals surface area contributed by atoms with Crippen LogP contribution in [0.4, 0.5) is 5.69 Å². The molecule has 0 radical (unpaired) electrons. The van der Waals surface area contributed by atoms with Crippen molar-refractivity contribution in [3.8, 4) is 0 Å². The minimum absolute atomic E-state index is 0.0794. The standard InChI is InChI=1S/C14H18N4O/c19-13(7-10-3-2-6-15-8-10)17-12-5-1-4-11-9-16-18-14(11)12/h1,4-5,9-10,15H,2-3,6-8H2,(H,16,18)(H,17,19). The Hall–Kier alpha value is -1.88. The smallest absolute Gasteiger partial charge is 0.224 e. The van der Waals surface area contributed by atoms with Crippen molar-refractivity contribution in [2.24, 2.45) is 5.92 Å². The monoisotopic (exact) mass is 258 g/mol. The fraction of sp³-hybridized carbons (Fsp3) is 0.429. The van der Waals surface area contributed by atoms with Crippen LogP contribution >= 0.6 is 0 Å². The third kappa shape index (κ3) is 2.76. The van der Waals surface area contributed by atoms with Gasteiger partial charge in [0.25, 0.3) is 0 Å². The first-order valence-corrected chi connectivity index (χ1v) is 6.75. The number of amides is 1. The molecule has 0 spiro atoms. The Morgan fingerprint density at radius 2 is 2.42 bits per heavy atom. The van der Waals surface area contributed by atoms with Gasteiger partial charge in [-0.3, -0.25) is 9.89 Å². The van der Waals surface area contributed by atoms with Crippen molar-refractivity contribution in [2.75, 3.05) is 18.4 Å². The van der Waals surface area contributed by atoms with E-state index in [0.29, 0.717) is 12.3 Å². The molecule has 1 aliphatic rings. The Kier molecular flexibility index (Phi) is 3.46. The highest BCUT2D eigenvalue weighted by Crippen LogP contribution is 2.21.